The number of hydrogen-bond acceptors (Lipinski definition) is 3. The molecular formula is C20H24N2O3S. The molecule has 5 nitrogen and oxygen atoms in total. The average molecular weight is 372 g/mol. The first-order valence-electron chi connectivity index (χ1n) is 9.01. The first kappa shape index (κ1) is 18.5. The molecule has 1 heterocycles. The van der Waals surface area contributed by atoms with E-state index in [-0.39, 0.29) is 10.8 Å². The minimum Gasteiger partial charge on any atom is -0.339 e. The summed E-state index contributed by atoms with van der Waals surface area (Å²) in [4.78, 5) is 14.7. The van der Waals surface area contributed by atoms with Crippen molar-refractivity contribution in [3.8, 4) is 0 Å². The van der Waals surface area contributed by atoms with E-state index in [2.05, 4.69) is 0 Å². The van der Waals surface area contributed by atoms with Crippen LogP contribution in [0.2, 0.25) is 0 Å². The summed E-state index contributed by atoms with van der Waals surface area (Å²) in [6.45, 7) is 3.59. The second-order valence-corrected chi connectivity index (χ2v) is 8.25. The molecule has 0 aliphatic carbocycles. The highest BCUT2D eigenvalue weighted by molar-refractivity contribution is 7.92. The minimum absolute atomic E-state index is 0.0930. The zero-order valence-electron chi connectivity index (χ0n) is 15.0. The molecule has 1 fully saturated rings. The number of likely N-dealkylation sites (tertiary alicyclic amines) is 1. The largest absolute Gasteiger partial charge is 0.339 e. The second-order valence-electron chi connectivity index (χ2n) is 6.39. The normalized spacial score (nSPS) is 14.9. The Morgan fingerprint density at radius 3 is 2.35 bits per heavy atom. The van der Waals surface area contributed by atoms with E-state index in [4.69, 9.17) is 0 Å². The number of anilines is 1. The SMILES string of the molecule is CCN(c1ccccc1)S(=O)(=O)c1cccc(C(=O)N2CCCCC2)c1. The molecule has 0 atom stereocenters. The molecule has 0 bridgehead atoms. The van der Waals surface area contributed by atoms with Gasteiger partial charge in [0.05, 0.1) is 10.6 Å². The van der Waals surface area contributed by atoms with Crippen LogP contribution in [0.1, 0.15) is 36.5 Å². The summed E-state index contributed by atoms with van der Waals surface area (Å²) in [6, 6.07) is 15.4. The van der Waals surface area contributed by atoms with Crippen molar-refractivity contribution in [1.82, 2.24) is 4.90 Å². The highest BCUT2D eigenvalue weighted by atomic mass is 32.2. The van der Waals surface area contributed by atoms with Crippen LogP contribution in [0.3, 0.4) is 0 Å². The van der Waals surface area contributed by atoms with E-state index in [1.54, 1.807) is 37.3 Å². The first-order chi connectivity index (χ1) is 12.5. The molecule has 2 aromatic carbocycles. The number of piperidine rings is 1. The number of rotatable bonds is 5. The van der Waals surface area contributed by atoms with Crippen molar-refractivity contribution in [1.29, 1.82) is 0 Å². The van der Waals surface area contributed by atoms with Crippen LogP contribution in [0, 0.1) is 0 Å². The Morgan fingerprint density at radius 1 is 1.00 bits per heavy atom. The maximum atomic E-state index is 13.1. The standard InChI is InChI=1S/C20H24N2O3S/c1-2-22(18-11-5-3-6-12-18)26(24,25)19-13-9-10-17(16-19)20(23)21-14-7-4-8-15-21/h3,5-6,9-13,16H,2,4,7-8,14-15H2,1H3. The second kappa shape index (κ2) is 7.91. The van der Waals surface area contributed by atoms with Gasteiger partial charge in [0.2, 0.25) is 0 Å². The van der Waals surface area contributed by atoms with Crippen LogP contribution in [-0.2, 0) is 10.0 Å². The number of nitrogens with zero attached hydrogens (tertiary/aromatic N) is 2. The number of benzene rings is 2. The smallest absolute Gasteiger partial charge is 0.264 e. The van der Waals surface area contributed by atoms with Crippen LogP contribution in [0.25, 0.3) is 0 Å². The van der Waals surface area contributed by atoms with E-state index >= 15 is 0 Å². The summed E-state index contributed by atoms with van der Waals surface area (Å²) < 4.78 is 27.6. The zero-order chi connectivity index (χ0) is 18.6. The van der Waals surface area contributed by atoms with E-state index in [0.29, 0.717) is 17.8 Å². The van der Waals surface area contributed by atoms with Gasteiger partial charge in [-0.15, -0.1) is 0 Å². The maximum Gasteiger partial charge on any atom is 0.264 e. The Kier molecular flexibility index (Phi) is 5.61. The Morgan fingerprint density at radius 2 is 1.69 bits per heavy atom. The lowest BCUT2D eigenvalue weighted by Gasteiger charge is -2.27. The molecule has 0 N–H and O–H groups in total. The van der Waals surface area contributed by atoms with Crippen molar-refractivity contribution in [2.24, 2.45) is 0 Å². The van der Waals surface area contributed by atoms with Gasteiger partial charge < -0.3 is 4.90 Å². The Labute approximate surface area is 155 Å². The molecule has 0 spiro atoms. The van der Waals surface area contributed by atoms with Crippen LogP contribution >= 0.6 is 0 Å². The van der Waals surface area contributed by atoms with Crippen LogP contribution in [0.4, 0.5) is 5.69 Å². The van der Waals surface area contributed by atoms with Crippen molar-refractivity contribution in [3.63, 3.8) is 0 Å². The van der Waals surface area contributed by atoms with Crippen molar-refractivity contribution >= 4 is 21.6 Å². The molecule has 138 valence electrons. The van der Waals surface area contributed by atoms with Crippen molar-refractivity contribution < 1.29 is 13.2 Å². The molecule has 1 saturated heterocycles. The van der Waals surface area contributed by atoms with E-state index in [9.17, 15) is 13.2 Å². The topological polar surface area (TPSA) is 57.7 Å². The van der Waals surface area contributed by atoms with Gasteiger partial charge in [-0.05, 0) is 56.5 Å². The van der Waals surface area contributed by atoms with Crippen LogP contribution in [0.5, 0.6) is 0 Å². The minimum atomic E-state index is -3.73. The number of amides is 1. The lowest BCUT2D eigenvalue weighted by Crippen LogP contribution is -2.36. The van der Waals surface area contributed by atoms with Crippen molar-refractivity contribution in [2.75, 3.05) is 23.9 Å². The van der Waals surface area contributed by atoms with E-state index in [1.165, 1.54) is 10.4 Å². The van der Waals surface area contributed by atoms with E-state index in [1.807, 2.05) is 23.1 Å². The number of hydrogen-bond donors (Lipinski definition) is 0. The fourth-order valence-electron chi connectivity index (χ4n) is 3.28. The van der Waals surface area contributed by atoms with Gasteiger partial charge in [0.1, 0.15) is 0 Å². The van der Waals surface area contributed by atoms with Crippen molar-refractivity contribution in [2.45, 2.75) is 31.1 Å². The average Bonchev–Trinajstić information content (AvgIpc) is 2.69. The van der Waals surface area contributed by atoms with Crippen molar-refractivity contribution in [3.05, 3.63) is 60.2 Å². The molecule has 0 radical (unpaired) electrons. The third-order valence-corrected chi connectivity index (χ3v) is 6.54. The Bertz CT molecular complexity index is 860. The highest BCUT2D eigenvalue weighted by Crippen LogP contribution is 2.24. The fraction of sp³-hybridized carbons (Fsp3) is 0.350. The maximum absolute atomic E-state index is 13.1. The fourth-order valence-corrected chi connectivity index (χ4v) is 4.80. The quantitative estimate of drug-likeness (QED) is 0.807. The van der Waals surface area contributed by atoms with Crippen LogP contribution in [-0.4, -0.2) is 38.9 Å². The van der Waals surface area contributed by atoms with Gasteiger partial charge in [0, 0.05) is 25.2 Å². The Hall–Kier alpha value is -2.34. The Balaban J connectivity index is 1.92. The third kappa shape index (κ3) is 3.75. The third-order valence-electron chi connectivity index (χ3n) is 4.64. The number of para-hydroxylation sites is 1. The molecular weight excluding hydrogens is 348 g/mol. The molecule has 6 heteroatoms. The summed E-state index contributed by atoms with van der Waals surface area (Å²) in [5.74, 6) is -0.0930. The molecule has 3 rings (SSSR count). The molecule has 2 aromatic rings. The number of carbonyl (C=O) groups excluding carboxylic acids is 1. The molecule has 0 saturated carbocycles. The van der Waals surface area contributed by atoms with Gasteiger partial charge in [0.25, 0.3) is 15.9 Å². The monoisotopic (exact) mass is 372 g/mol. The summed E-state index contributed by atoms with van der Waals surface area (Å²) >= 11 is 0. The van der Waals surface area contributed by atoms with Gasteiger partial charge in [-0.2, -0.15) is 0 Å². The molecule has 1 amide bonds. The van der Waals surface area contributed by atoms with Gasteiger partial charge in [0.15, 0.2) is 0 Å². The predicted molar refractivity (Wildman–Crippen MR) is 103 cm³/mol. The van der Waals surface area contributed by atoms with E-state index < -0.39 is 10.0 Å². The molecule has 26 heavy (non-hydrogen) atoms. The molecule has 1 aliphatic heterocycles. The lowest BCUT2D eigenvalue weighted by atomic mass is 10.1. The van der Waals surface area contributed by atoms with Crippen LogP contribution in [0.15, 0.2) is 59.5 Å². The lowest BCUT2D eigenvalue weighted by molar-refractivity contribution is 0.0724. The number of carbonyl (C=O) groups is 1. The van der Waals surface area contributed by atoms with Gasteiger partial charge >= 0.3 is 0 Å². The van der Waals surface area contributed by atoms with E-state index in [0.717, 1.165) is 32.4 Å². The molecule has 1 aliphatic rings. The molecule has 0 aromatic heterocycles. The van der Waals surface area contributed by atoms with Gasteiger partial charge in [-0.1, -0.05) is 24.3 Å². The first-order valence-corrected chi connectivity index (χ1v) is 10.4. The zero-order valence-corrected chi connectivity index (χ0v) is 15.8. The van der Waals surface area contributed by atoms with Crippen LogP contribution < -0.4 is 4.31 Å². The summed E-state index contributed by atoms with van der Waals surface area (Å²) in [5.41, 5.74) is 1.04. The summed E-state index contributed by atoms with van der Waals surface area (Å²) in [5, 5.41) is 0. The number of sulfonamides is 1. The highest BCUT2D eigenvalue weighted by Gasteiger charge is 2.25. The summed E-state index contributed by atoms with van der Waals surface area (Å²) in [7, 11) is -3.73. The predicted octanol–water partition coefficient (Wildman–Crippen LogP) is 3.53. The van der Waals surface area contributed by atoms with Gasteiger partial charge in [-0.25, -0.2) is 8.42 Å². The molecule has 0 unspecified atom stereocenters. The van der Waals surface area contributed by atoms with Gasteiger partial charge in [-0.3, -0.25) is 9.10 Å². The summed E-state index contributed by atoms with van der Waals surface area (Å²) in [6.07, 6.45) is 3.14.